The number of nitrogens with two attached hydrogens (primary N) is 1. The molecule has 2 aliphatic rings. The molecule has 3 heterocycles. The van der Waals surface area contributed by atoms with Crippen LogP contribution in [0.2, 0.25) is 0 Å². The van der Waals surface area contributed by atoms with E-state index in [1.165, 1.54) is 11.1 Å². The van der Waals surface area contributed by atoms with Crippen molar-refractivity contribution < 1.29 is 13.2 Å². The highest BCUT2D eigenvalue weighted by molar-refractivity contribution is 7.89. The number of fused-ring (bicyclic) bond motifs is 2. The molecular weight excluding hydrogens is 448 g/mol. The molecule has 0 atom stereocenters. The molecule has 180 valence electrons. The number of nitrogens with one attached hydrogen (secondary N) is 1. The Kier molecular flexibility index (Phi) is 6.00. The zero-order chi connectivity index (χ0) is 24.0. The first-order chi connectivity index (χ1) is 16.3. The van der Waals surface area contributed by atoms with Crippen LogP contribution >= 0.6 is 0 Å². The van der Waals surface area contributed by atoms with Crippen molar-refractivity contribution in [3.63, 3.8) is 0 Å². The van der Waals surface area contributed by atoms with Crippen LogP contribution in [0.5, 0.6) is 0 Å². The molecule has 7 nitrogen and oxygen atoms in total. The van der Waals surface area contributed by atoms with Crippen molar-refractivity contribution in [3.05, 3.63) is 58.8 Å². The lowest BCUT2D eigenvalue weighted by Gasteiger charge is -2.31. The van der Waals surface area contributed by atoms with E-state index in [0.717, 1.165) is 60.1 Å². The molecule has 8 heteroatoms. The minimum atomic E-state index is -3.17. The van der Waals surface area contributed by atoms with Gasteiger partial charge in [0.15, 0.2) is 0 Å². The fourth-order valence-electron chi connectivity index (χ4n) is 5.45. The van der Waals surface area contributed by atoms with E-state index in [9.17, 15) is 13.2 Å². The van der Waals surface area contributed by atoms with Crippen molar-refractivity contribution in [1.82, 2.24) is 14.2 Å². The smallest absolute Gasteiger partial charge is 0.250 e. The molecule has 1 amide bonds. The first-order valence-electron chi connectivity index (χ1n) is 12.1. The van der Waals surface area contributed by atoms with E-state index in [0.29, 0.717) is 18.7 Å². The van der Waals surface area contributed by atoms with E-state index >= 15 is 0 Å². The Morgan fingerprint density at radius 3 is 2.47 bits per heavy atom. The maximum atomic E-state index is 12.4. The minimum Gasteiger partial charge on any atom is -0.366 e. The van der Waals surface area contributed by atoms with Crippen molar-refractivity contribution in [3.8, 4) is 11.1 Å². The molecule has 0 aliphatic carbocycles. The quantitative estimate of drug-likeness (QED) is 0.561. The minimum absolute atomic E-state index is 0.132. The average molecular weight is 481 g/mol. The van der Waals surface area contributed by atoms with Crippen LogP contribution < -0.4 is 5.73 Å². The summed E-state index contributed by atoms with van der Waals surface area (Å²) in [4.78, 5) is 18.0. The SMILES string of the molecule is CCN1Cc2ccc(-c3cc(C(N)=O)c4[nH]cc(C5CCN(S(=O)(=O)CC)CC5)c4c3)cc2C1. The second-order valence-electron chi connectivity index (χ2n) is 9.42. The van der Waals surface area contributed by atoms with Crippen LogP contribution in [0.15, 0.2) is 36.5 Å². The number of rotatable bonds is 6. The number of piperidine rings is 1. The van der Waals surface area contributed by atoms with Crippen molar-refractivity contribution in [2.45, 2.75) is 45.7 Å². The van der Waals surface area contributed by atoms with Crippen LogP contribution in [0.25, 0.3) is 22.0 Å². The summed E-state index contributed by atoms with van der Waals surface area (Å²) in [6.07, 6.45) is 3.49. The predicted octanol–water partition coefficient (Wildman–Crippen LogP) is 3.80. The van der Waals surface area contributed by atoms with Gasteiger partial charge in [0.2, 0.25) is 10.0 Å². The highest BCUT2D eigenvalue weighted by atomic mass is 32.2. The lowest BCUT2D eigenvalue weighted by Crippen LogP contribution is -2.38. The van der Waals surface area contributed by atoms with Gasteiger partial charge in [0.05, 0.1) is 16.8 Å². The first kappa shape index (κ1) is 23.1. The molecule has 2 aromatic carbocycles. The molecule has 0 bridgehead atoms. The zero-order valence-corrected chi connectivity index (χ0v) is 20.6. The van der Waals surface area contributed by atoms with Gasteiger partial charge in [0.25, 0.3) is 5.91 Å². The van der Waals surface area contributed by atoms with Gasteiger partial charge in [-0.25, -0.2) is 12.7 Å². The number of aromatic nitrogens is 1. The molecule has 0 saturated carbocycles. The van der Waals surface area contributed by atoms with E-state index in [-0.39, 0.29) is 11.7 Å². The van der Waals surface area contributed by atoms with Gasteiger partial charge in [0.1, 0.15) is 0 Å². The molecule has 0 unspecified atom stereocenters. The predicted molar refractivity (Wildman–Crippen MR) is 135 cm³/mol. The van der Waals surface area contributed by atoms with Crippen molar-refractivity contribution >= 4 is 26.8 Å². The molecule has 1 saturated heterocycles. The number of carbonyl (C=O) groups excluding carboxylic acids is 1. The van der Waals surface area contributed by atoms with Crippen molar-refractivity contribution in [2.75, 3.05) is 25.4 Å². The lowest BCUT2D eigenvalue weighted by molar-refractivity contribution is 0.100. The molecule has 3 aromatic rings. The summed E-state index contributed by atoms with van der Waals surface area (Å²) in [5.41, 5.74) is 12.9. The van der Waals surface area contributed by atoms with E-state index in [4.69, 9.17) is 5.73 Å². The summed E-state index contributed by atoms with van der Waals surface area (Å²) in [6, 6.07) is 10.6. The number of H-pyrrole nitrogens is 1. The number of aromatic amines is 1. The molecule has 5 rings (SSSR count). The normalized spacial score (nSPS) is 17.9. The molecule has 1 fully saturated rings. The number of carbonyl (C=O) groups is 1. The van der Waals surface area contributed by atoms with Crippen LogP contribution in [0.3, 0.4) is 0 Å². The number of primary amides is 1. The molecular formula is C26H32N4O3S. The number of hydrogen-bond donors (Lipinski definition) is 2. The van der Waals surface area contributed by atoms with E-state index in [2.05, 4.69) is 41.1 Å². The first-order valence-corrected chi connectivity index (χ1v) is 13.7. The largest absolute Gasteiger partial charge is 0.366 e. The lowest BCUT2D eigenvalue weighted by atomic mass is 9.88. The summed E-state index contributed by atoms with van der Waals surface area (Å²) in [6.45, 7) is 7.85. The van der Waals surface area contributed by atoms with E-state index < -0.39 is 15.9 Å². The van der Waals surface area contributed by atoms with Gasteiger partial charge in [-0.15, -0.1) is 0 Å². The number of benzene rings is 2. The second kappa shape index (κ2) is 8.83. The van der Waals surface area contributed by atoms with Gasteiger partial charge < -0.3 is 10.7 Å². The average Bonchev–Trinajstić information content (AvgIpc) is 3.46. The Balaban J connectivity index is 1.52. The van der Waals surface area contributed by atoms with E-state index in [1.807, 2.05) is 12.3 Å². The molecule has 0 radical (unpaired) electrons. The summed E-state index contributed by atoms with van der Waals surface area (Å²) in [5.74, 6) is -0.0963. The van der Waals surface area contributed by atoms with Gasteiger partial charge in [-0.1, -0.05) is 19.1 Å². The fourth-order valence-corrected chi connectivity index (χ4v) is 6.58. The number of amides is 1. The third-order valence-corrected chi connectivity index (χ3v) is 9.40. The standard InChI is InChI=1S/C26H32N4O3S/c1-3-29-15-19-6-5-18(11-21(19)16-29)20-12-22-24(14-28-25(22)23(13-20)26(27)31)17-7-9-30(10-8-17)34(32,33)4-2/h5-6,11-14,17,28H,3-4,7-10,15-16H2,1-2H3,(H2,27,31). The third-order valence-electron chi connectivity index (χ3n) is 7.51. The van der Waals surface area contributed by atoms with Gasteiger partial charge in [-0.2, -0.15) is 0 Å². The van der Waals surface area contributed by atoms with Gasteiger partial charge >= 0.3 is 0 Å². The van der Waals surface area contributed by atoms with Crippen LogP contribution in [0.1, 0.15) is 59.7 Å². The van der Waals surface area contributed by atoms with E-state index in [1.54, 1.807) is 11.2 Å². The van der Waals surface area contributed by atoms with Crippen molar-refractivity contribution in [2.24, 2.45) is 5.73 Å². The Morgan fingerprint density at radius 1 is 1.06 bits per heavy atom. The maximum Gasteiger partial charge on any atom is 0.250 e. The Hall–Kier alpha value is -2.68. The Bertz CT molecular complexity index is 1350. The highest BCUT2D eigenvalue weighted by Crippen LogP contribution is 2.38. The summed E-state index contributed by atoms with van der Waals surface area (Å²) < 4.78 is 26.1. The summed E-state index contributed by atoms with van der Waals surface area (Å²) >= 11 is 0. The van der Waals surface area contributed by atoms with Crippen LogP contribution in [-0.4, -0.2) is 53.9 Å². The number of nitrogens with zero attached hydrogens (tertiary/aromatic N) is 2. The van der Waals surface area contributed by atoms with Gasteiger partial charge in [0, 0.05) is 37.8 Å². The molecule has 34 heavy (non-hydrogen) atoms. The molecule has 3 N–H and O–H groups in total. The molecule has 2 aliphatic heterocycles. The van der Waals surface area contributed by atoms with Crippen LogP contribution in [0.4, 0.5) is 0 Å². The Labute approximate surface area is 201 Å². The molecule has 1 aromatic heterocycles. The Morgan fingerprint density at radius 2 is 1.79 bits per heavy atom. The highest BCUT2D eigenvalue weighted by Gasteiger charge is 2.29. The monoisotopic (exact) mass is 480 g/mol. The number of hydrogen-bond acceptors (Lipinski definition) is 4. The van der Waals surface area contributed by atoms with Gasteiger partial charge in [-0.3, -0.25) is 9.69 Å². The summed E-state index contributed by atoms with van der Waals surface area (Å²) in [5, 5.41) is 0.999. The van der Waals surface area contributed by atoms with Gasteiger partial charge in [-0.05, 0) is 78.2 Å². The number of sulfonamides is 1. The zero-order valence-electron chi connectivity index (χ0n) is 19.8. The second-order valence-corrected chi connectivity index (χ2v) is 11.7. The fraction of sp³-hybridized carbons (Fsp3) is 0.423. The topological polar surface area (TPSA) is 99.5 Å². The summed E-state index contributed by atoms with van der Waals surface area (Å²) in [7, 11) is -3.17. The maximum absolute atomic E-state index is 12.4. The molecule has 0 spiro atoms. The van der Waals surface area contributed by atoms with Crippen molar-refractivity contribution in [1.29, 1.82) is 0 Å². The third kappa shape index (κ3) is 4.04. The van der Waals surface area contributed by atoms with Crippen LogP contribution in [0, 0.1) is 0 Å². The van der Waals surface area contributed by atoms with Crippen LogP contribution in [-0.2, 0) is 23.1 Å².